The van der Waals surface area contributed by atoms with Gasteiger partial charge in [0.2, 0.25) is 0 Å². The zero-order chi connectivity index (χ0) is 11.4. The summed E-state index contributed by atoms with van der Waals surface area (Å²) in [4.78, 5) is 0. The van der Waals surface area contributed by atoms with Crippen LogP contribution >= 0.6 is 0 Å². The third-order valence-corrected chi connectivity index (χ3v) is 3.16. The molecule has 0 saturated carbocycles. The van der Waals surface area contributed by atoms with E-state index < -0.39 is 0 Å². The van der Waals surface area contributed by atoms with E-state index in [-0.39, 0.29) is 0 Å². The molecule has 0 aliphatic rings. The number of allylic oxidation sites excluding steroid dienone is 3. The summed E-state index contributed by atoms with van der Waals surface area (Å²) in [6.45, 7) is 8.29. The molecule has 0 saturated heterocycles. The van der Waals surface area contributed by atoms with E-state index in [1.54, 1.807) is 0 Å². The lowest BCUT2D eigenvalue weighted by atomic mass is 9.96. The van der Waals surface area contributed by atoms with Crippen molar-refractivity contribution >= 4 is 0 Å². The first-order chi connectivity index (χ1) is 7.35. The lowest BCUT2D eigenvalue weighted by Crippen LogP contribution is -1.96. The Morgan fingerprint density at radius 1 is 1.00 bits per heavy atom. The maximum atomic E-state index is 3.66. The van der Waals surface area contributed by atoms with E-state index >= 15 is 0 Å². The van der Waals surface area contributed by atoms with E-state index in [0.29, 0.717) is 0 Å². The summed E-state index contributed by atoms with van der Waals surface area (Å²) in [6, 6.07) is 0. The highest BCUT2D eigenvalue weighted by Gasteiger charge is 2.01. The van der Waals surface area contributed by atoms with Crippen molar-refractivity contribution in [3.63, 3.8) is 0 Å². The Kier molecular flexibility index (Phi) is 11.2. The van der Waals surface area contributed by atoms with E-state index in [1.807, 2.05) is 12.2 Å². The van der Waals surface area contributed by atoms with Crippen LogP contribution in [-0.4, -0.2) is 0 Å². The summed E-state index contributed by atoms with van der Waals surface area (Å²) in [5, 5.41) is 0. The molecular formula is C15H28. The van der Waals surface area contributed by atoms with Gasteiger partial charge >= 0.3 is 0 Å². The van der Waals surface area contributed by atoms with Gasteiger partial charge in [-0.2, -0.15) is 0 Å². The predicted molar refractivity (Wildman–Crippen MR) is 71.1 cm³/mol. The van der Waals surface area contributed by atoms with Gasteiger partial charge in [-0.25, -0.2) is 0 Å². The molecular weight excluding hydrogens is 180 g/mol. The smallest absolute Gasteiger partial charge is 0.0348 e. The number of hydrogen-bond donors (Lipinski definition) is 0. The Bertz CT molecular complexity index is 151. The molecule has 0 nitrogen and oxygen atoms in total. The summed E-state index contributed by atoms with van der Waals surface area (Å²) in [7, 11) is 0. The molecule has 0 rings (SSSR count). The van der Waals surface area contributed by atoms with Gasteiger partial charge in [-0.1, -0.05) is 77.2 Å². The highest BCUT2D eigenvalue weighted by molar-refractivity contribution is 4.96. The standard InChI is InChI=1S/C15H28/c1-4-7-8-9-10-11-12-13-14-15(5-2)6-3/h4,7-8,15H,1,5-6,9-14H2,2-3H3. The summed E-state index contributed by atoms with van der Waals surface area (Å²) in [6.07, 6.45) is 17.1. The van der Waals surface area contributed by atoms with Crippen molar-refractivity contribution < 1.29 is 0 Å². The Morgan fingerprint density at radius 3 is 2.27 bits per heavy atom. The summed E-state index contributed by atoms with van der Waals surface area (Å²) in [5.74, 6) is 0.977. The molecule has 0 unspecified atom stereocenters. The number of unbranched alkanes of at least 4 members (excludes halogenated alkanes) is 4. The van der Waals surface area contributed by atoms with Crippen LogP contribution in [0.4, 0.5) is 0 Å². The Balaban J connectivity index is 3.17. The van der Waals surface area contributed by atoms with Crippen LogP contribution in [0.2, 0.25) is 0 Å². The Morgan fingerprint density at radius 2 is 1.67 bits per heavy atom. The second-order valence-corrected chi connectivity index (χ2v) is 4.34. The van der Waals surface area contributed by atoms with E-state index in [4.69, 9.17) is 0 Å². The van der Waals surface area contributed by atoms with Crippen LogP contribution in [0.3, 0.4) is 0 Å². The summed E-state index contributed by atoms with van der Waals surface area (Å²) >= 11 is 0. The molecule has 0 amide bonds. The predicted octanol–water partition coefficient (Wildman–Crippen LogP) is 5.51. The first kappa shape index (κ1) is 14.5. The lowest BCUT2D eigenvalue weighted by Gasteiger charge is -2.10. The van der Waals surface area contributed by atoms with Gasteiger partial charge in [0.05, 0.1) is 0 Å². The second-order valence-electron chi connectivity index (χ2n) is 4.34. The molecule has 0 bridgehead atoms. The maximum Gasteiger partial charge on any atom is -0.0348 e. The van der Waals surface area contributed by atoms with E-state index in [1.165, 1.54) is 51.4 Å². The molecule has 0 atom stereocenters. The third-order valence-electron chi connectivity index (χ3n) is 3.16. The minimum atomic E-state index is 0.977. The van der Waals surface area contributed by atoms with E-state index in [9.17, 15) is 0 Å². The zero-order valence-electron chi connectivity index (χ0n) is 10.7. The molecule has 0 aromatic carbocycles. The van der Waals surface area contributed by atoms with Gasteiger partial charge in [-0.15, -0.1) is 0 Å². The van der Waals surface area contributed by atoms with E-state index in [2.05, 4.69) is 26.5 Å². The fourth-order valence-electron chi connectivity index (χ4n) is 1.94. The van der Waals surface area contributed by atoms with Crippen LogP contribution in [0.25, 0.3) is 0 Å². The molecule has 0 aliphatic heterocycles. The topological polar surface area (TPSA) is 0 Å². The lowest BCUT2D eigenvalue weighted by molar-refractivity contribution is 0.428. The SMILES string of the molecule is C=CC=CCCCCCCC(CC)CC. The van der Waals surface area contributed by atoms with E-state index in [0.717, 1.165) is 5.92 Å². The largest absolute Gasteiger partial charge is 0.0991 e. The summed E-state index contributed by atoms with van der Waals surface area (Å²) < 4.78 is 0. The molecule has 0 fully saturated rings. The average molecular weight is 208 g/mol. The highest BCUT2D eigenvalue weighted by atomic mass is 14.1. The van der Waals surface area contributed by atoms with Crippen molar-refractivity contribution in [1.82, 2.24) is 0 Å². The third kappa shape index (κ3) is 9.78. The zero-order valence-corrected chi connectivity index (χ0v) is 10.7. The molecule has 0 aromatic rings. The van der Waals surface area contributed by atoms with Gasteiger partial charge in [-0.05, 0) is 18.8 Å². The van der Waals surface area contributed by atoms with Gasteiger partial charge < -0.3 is 0 Å². The van der Waals surface area contributed by atoms with Crippen molar-refractivity contribution in [2.24, 2.45) is 5.92 Å². The van der Waals surface area contributed by atoms with Crippen LogP contribution in [0.15, 0.2) is 24.8 Å². The molecule has 0 aromatic heterocycles. The average Bonchev–Trinajstić information content (AvgIpc) is 2.27. The quantitative estimate of drug-likeness (QED) is 0.328. The second kappa shape index (κ2) is 11.6. The highest BCUT2D eigenvalue weighted by Crippen LogP contribution is 2.17. The first-order valence-corrected chi connectivity index (χ1v) is 6.62. The molecule has 0 radical (unpaired) electrons. The Hall–Kier alpha value is -0.520. The van der Waals surface area contributed by atoms with Crippen LogP contribution in [0.5, 0.6) is 0 Å². The van der Waals surface area contributed by atoms with Crippen LogP contribution in [-0.2, 0) is 0 Å². The number of hydrogen-bond acceptors (Lipinski definition) is 0. The van der Waals surface area contributed by atoms with Gasteiger partial charge in [-0.3, -0.25) is 0 Å². The van der Waals surface area contributed by atoms with Crippen molar-refractivity contribution in [1.29, 1.82) is 0 Å². The van der Waals surface area contributed by atoms with Gasteiger partial charge in [0.15, 0.2) is 0 Å². The molecule has 0 heteroatoms. The minimum Gasteiger partial charge on any atom is -0.0991 e. The van der Waals surface area contributed by atoms with Crippen molar-refractivity contribution in [3.05, 3.63) is 24.8 Å². The van der Waals surface area contributed by atoms with Gasteiger partial charge in [0.1, 0.15) is 0 Å². The van der Waals surface area contributed by atoms with Crippen molar-refractivity contribution in [3.8, 4) is 0 Å². The molecule has 0 spiro atoms. The number of rotatable bonds is 10. The van der Waals surface area contributed by atoms with Crippen molar-refractivity contribution in [2.45, 2.75) is 65.2 Å². The maximum absolute atomic E-state index is 3.66. The Labute approximate surface area is 96.5 Å². The van der Waals surface area contributed by atoms with Crippen LogP contribution in [0, 0.1) is 5.92 Å². The van der Waals surface area contributed by atoms with Gasteiger partial charge in [0.25, 0.3) is 0 Å². The van der Waals surface area contributed by atoms with Crippen LogP contribution in [0.1, 0.15) is 65.2 Å². The summed E-state index contributed by atoms with van der Waals surface area (Å²) in [5.41, 5.74) is 0. The van der Waals surface area contributed by atoms with Gasteiger partial charge in [0, 0.05) is 0 Å². The first-order valence-electron chi connectivity index (χ1n) is 6.62. The molecule has 15 heavy (non-hydrogen) atoms. The van der Waals surface area contributed by atoms with Crippen molar-refractivity contribution in [2.75, 3.05) is 0 Å². The normalized spacial score (nSPS) is 11.4. The monoisotopic (exact) mass is 208 g/mol. The molecule has 0 N–H and O–H groups in total. The molecule has 88 valence electrons. The minimum absolute atomic E-state index is 0.977. The fourth-order valence-corrected chi connectivity index (χ4v) is 1.94. The fraction of sp³-hybridized carbons (Fsp3) is 0.733. The van der Waals surface area contributed by atoms with Crippen LogP contribution < -0.4 is 0 Å². The molecule has 0 aliphatic carbocycles. The molecule has 0 heterocycles.